The fourth-order valence-corrected chi connectivity index (χ4v) is 2.57. The molecule has 0 aliphatic carbocycles. The smallest absolute Gasteiger partial charge is 0.168 e. The first-order chi connectivity index (χ1) is 10.1. The van der Waals surface area contributed by atoms with Gasteiger partial charge in [0.25, 0.3) is 0 Å². The highest BCUT2D eigenvalue weighted by Crippen LogP contribution is 2.27. The third-order valence-corrected chi connectivity index (χ3v) is 3.59. The molecule has 3 nitrogen and oxygen atoms in total. The zero-order valence-corrected chi connectivity index (χ0v) is 12.3. The summed E-state index contributed by atoms with van der Waals surface area (Å²) in [7, 11) is 0. The Kier molecular flexibility index (Phi) is 3.29. The Morgan fingerprint density at radius 1 is 0.857 bits per heavy atom. The predicted molar refractivity (Wildman–Crippen MR) is 81.0 cm³/mol. The summed E-state index contributed by atoms with van der Waals surface area (Å²) in [5.74, 6) is 1.28. The van der Waals surface area contributed by atoms with E-state index >= 15 is 0 Å². The van der Waals surface area contributed by atoms with Gasteiger partial charge in [0.2, 0.25) is 0 Å². The maximum atomic E-state index is 13.1. The molecule has 3 aromatic rings. The average Bonchev–Trinajstić information content (AvgIpc) is 2.82. The van der Waals surface area contributed by atoms with Crippen LogP contribution in [0.2, 0.25) is 0 Å². The van der Waals surface area contributed by atoms with Gasteiger partial charge in [0.05, 0.1) is 5.69 Å². The van der Waals surface area contributed by atoms with Crippen molar-refractivity contribution >= 4 is 0 Å². The molecule has 0 fully saturated rings. The topological polar surface area (TPSA) is 30.7 Å². The van der Waals surface area contributed by atoms with E-state index in [0.717, 1.165) is 34.0 Å². The Morgan fingerprint density at radius 3 is 2.10 bits per heavy atom. The number of aromatic nitrogens is 3. The molecule has 21 heavy (non-hydrogen) atoms. The van der Waals surface area contributed by atoms with Crippen LogP contribution in [0.3, 0.4) is 0 Å². The monoisotopic (exact) mass is 281 g/mol. The van der Waals surface area contributed by atoms with Crippen LogP contribution in [0.4, 0.5) is 4.39 Å². The maximum Gasteiger partial charge on any atom is 0.168 e. The lowest BCUT2D eigenvalue weighted by Crippen LogP contribution is -2.04. The third-order valence-electron chi connectivity index (χ3n) is 3.59. The number of nitrogens with zero attached hydrogens (tertiary/aromatic N) is 3. The van der Waals surface area contributed by atoms with E-state index in [1.165, 1.54) is 12.1 Å². The van der Waals surface area contributed by atoms with Crippen LogP contribution in [0.25, 0.3) is 17.1 Å². The second kappa shape index (κ2) is 5.13. The molecule has 3 rings (SSSR count). The zero-order chi connectivity index (χ0) is 15.0. The lowest BCUT2D eigenvalue weighted by Gasteiger charge is -2.14. The van der Waals surface area contributed by atoms with Crippen molar-refractivity contribution in [3.05, 3.63) is 65.2 Å². The van der Waals surface area contributed by atoms with Crippen molar-refractivity contribution in [1.29, 1.82) is 0 Å². The van der Waals surface area contributed by atoms with Crippen LogP contribution in [0, 0.1) is 26.6 Å². The van der Waals surface area contributed by atoms with Gasteiger partial charge in [0.1, 0.15) is 11.6 Å². The van der Waals surface area contributed by atoms with E-state index in [4.69, 9.17) is 0 Å². The predicted octanol–water partition coefficient (Wildman–Crippen LogP) is 4.00. The van der Waals surface area contributed by atoms with Crippen LogP contribution in [-0.2, 0) is 0 Å². The number of hydrogen-bond acceptors (Lipinski definition) is 2. The van der Waals surface area contributed by atoms with Crippen LogP contribution < -0.4 is 0 Å². The summed E-state index contributed by atoms with van der Waals surface area (Å²) in [4.78, 5) is 0. The summed E-state index contributed by atoms with van der Waals surface area (Å²) in [6, 6.07) is 12.5. The van der Waals surface area contributed by atoms with E-state index < -0.39 is 0 Å². The van der Waals surface area contributed by atoms with Crippen molar-refractivity contribution in [3.8, 4) is 17.1 Å². The van der Waals surface area contributed by atoms with E-state index in [9.17, 15) is 4.39 Å². The zero-order valence-electron chi connectivity index (χ0n) is 12.3. The molecule has 0 aliphatic rings. The van der Waals surface area contributed by atoms with Gasteiger partial charge in [-0.3, -0.25) is 4.57 Å². The first-order valence-corrected chi connectivity index (χ1v) is 6.82. The standard InChI is InChI=1S/C17H16FN3/c1-11-5-4-6-12(2)16(11)21-13(3)19-20-17(21)14-7-9-15(18)10-8-14/h4-10H,1-3H3. The maximum absolute atomic E-state index is 13.1. The van der Waals surface area contributed by atoms with Crippen LogP contribution in [0.1, 0.15) is 17.0 Å². The lowest BCUT2D eigenvalue weighted by atomic mass is 10.1. The molecule has 4 heteroatoms. The van der Waals surface area contributed by atoms with Gasteiger partial charge in [0.15, 0.2) is 5.82 Å². The summed E-state index contributed by atoms with van der Waals surface area (Å²) in [5.41, 5.74) is 4.24. The van der Waals surface area contributed by atoms with Gasteiger partial charge in [-0.1, -0.05) is 18.2 Å². The Labute approximate surface area is 123 Å². The van der Waals surface area contributed by atoms with Gasteiger partial charge in [-0.25, -0.2) is 4.39 Å². The molecule has 1 heterocycles. The summed E-state index contributed by atoms with van der Waals surface area (Å²) < 4.78 is 15.1. The van der Waals surface area contributed by atoms with Crippen molar-refractivity contribution in [2.45, 2.75) is 20.8 Å². The van der Waals surface area contributed by atoms with Gasteiger partial charge >= 0.3 is 0 Å². The number of hydrogen-bond donors (Lipinski definition) is 0. The van der Waals surface area contributed by atoms with Crippen LogP contribution in [-0.4, -0.2) is 14.8 Å². The van der Waals surface area contributed by atoms with E-state index in [1.54, 1.807) is 12.1 Å². The largest absolute Gasteiger partial charge is 0.279 e. The van der Waals surface area contributed by atoms with Crippen molar-refractivity contribution < 1.29 is 4.39 Å². The Bertz CT molecular complexity index is 768. The first kappa shape index (κ1) is 13.5. The van der Waals surface area contributed by atoms with Gasteiger partial charge < -0.3 is 0 Å². The highest BCUT2D eigenvalue weighted by molar-refractivity contribution is 5.61. The molecule has 1 aromatic heterocycles. The van der Waals surface area contributed by atoms with Crippen LogP contribution >= 0.6 is 0 Å². The molecule has 0 N–H and O–H groups in total. The molecule has 0 bridgehead atoms. The van der Waals surface area contributed by atoms with E-state index in [0.29, 0.717) is 0 Å². The highest BCUT2D eigenvalue weighted by atomic mass is 19.1. The molecular weight excluding hydrogens is 265 g/mol. The summed E-state index contributed by atoms with van der Waals surface area (Å²) in [6.45, 7) is 6.05. The van der Waals surface area contributed by atoms with Crippen molar-refractivity contribution in [3.63, 3.8) is 0 Å². The molecule has 0 saturated carbocycles. The molecule has 0 saturated heterocycles. The Morgan fingerprint density at radius 2 is 1.48 bits per heavy atom. The Hall–Kier alpha value is -2.49. The molecule has 106 valence electrons. The summed E-state index contributed by atoms with van der Waals surface area (Å²) in [6.07, 6.45) is 0. The van der Waals surface area contributed by atoms with Crippen molar-refractivity contribution in [2.24, 2.45) is 0 Å². The number of para-hydroxylation sites is 1. The second-order valence-electron chi connectivity index (χ2n) is 5.15. The van der Waals surface area contributed by atoms with E-state index in [1.807, 2.05) is 17.6 Å². The molecule has 0 aliphatic heterocycles. The molecule has 0 radical (unpaired) electrons. The molecule has 2 aromatic carbocycles. The lowest BCUT2D eigenvalue weighted by molar-refractivity contribution is 0.628. The number of benzene rings is 2. The van der Waals surface area contributed by atoms with Crippen LogP contribution in [0.5, 0.6) is 0 Å². The molecular formula is C17H16FN3. The van der Waals surface area contributed by atoms with Gasteiger partial charge in [0, 0.05) is 5.56 Å². The van der Waals surface area contributed by atoms with E-state index in [-0.39, 0.29) is 5.82 Å². The van der Waals surface area contributed by atoms with Crippen molar-refractivity contribution in [1.82, 2.24) is 14.8 Å². The molecule has 0 unspecified atom stereocenters. The Balaban J connectivity index is 2.25. The third kappa shape index (κ3) is 2.33. The quantitative estimate of drug-likeness (QED) is 0.711. The fraction of sp³-hybridized carbons (Fsp3) is 0.176. The van der Waals surface area contributed by atoms with Crippen molar-refractivity contribution in [2.75, 3.05) is 0 Å². The normalized spacial score (nSPS) is 10.9. The number of halogens is 1. The van der Waals surface area contributed by atoms with Gasteiger partial charge in [-0.15, -0.1) is 10.2 Å². The van der Waals surface area contributed by atoms with E-state index in [2.05, 4.69) is 36.2 Å². The molecule has 0 atom stereocenters. The molecule has 0 spiro atoms. The highest BCUT2D eigenvalue weighted by Gasteiger charge is 2.15. The minimum atomic E-state index is -0.256. The first-order valence-electron chi connectivity index (χ1n) is 6.82. The number of rotatable bonds is 2. The minimum Gasteiger partial charge on any atom is -0.279 e. The average molecular weight is 281 g/mol. The summed E-state index contributed by atoms with van der Waals surface area (Å²) >= 11 is 0. The summed E-state index contributed by atoms with van der Waals surface area (Å²) in [5, 5.41) is 8.46. The van der Waals surface area contributed by atoms with Gasteiger partial charge in [-0.05, 0) is 56.2 Å². The molecule has 0 amide bonds. The SMILES string of the molecule is Cc1cccc(C)c1-n1c(C)nnc1-c1ccc(F)cc1. The minimum absolute atomic E-state index is 0.256. The fourth-order valence-electron chi connectivity index (χ4n) is 2.57. The number of aryl methyl sites for hydroxylation is 3. The second-order valence-corrected chi connectivity index (χ2v) is 5.15. The van der Waals surface area contributed by atoms with Gasteiger partial charge in [-0.2, -0.15) is 0 Å². The van der Waals surface area contributed by atoms with Crippen LogP contribution in [0.15, 0.2) is 42.5 Å².